The van der Waals surface area contributed by atoms with E-state index in [1.165, 1.54) is 0 Å². The number of benzene rings is 1. The highest BCUT2D eigenvalue weighted by atomic mass is 35.5. The van der Waals surface area contributed by atoms with Gasteiger partial charge in [0.05, 0.1) is 13.2 Å². The van der Waals surface area contributed by atoms with Gasteiger partial charge in [0.1, 0.15) is 6.04 Å². The molecule has 3 N–H and O–H groups in total. The van der Waals surface area contributed by atoms with Crippen molar-refractivity contribution < 1.29 is 14.3 Å². The molecule has 116 valence electrons. The summed E-state index contributed by atoms with van der Waals surface area (Å²) in [5.74, 6) is -0.152. The number of ether oxygens (including phenoxy) is 1. The molecule has 21 heavy (non-hydrogen) atoms. The Morgan fingerprint density at radius 2 is 1.86 bits per heavy atom. The third-order valence-electron chi connectivity index (χ3n) is 3.00. The molecule has 1 heterocycles. The van der Waals surface area contributed by atoms with Gasteiger partial charge in [-0.05, 0) is 24.3 Å². The third-order valence-corrected chi connectivity index (χ3v) is 3.00. The first-order valence-electron chi connectivity index (χ1n) is 6.71. The van der Waals surface area contributed by atoms with Crippen molar-refractivity contribution in [3.8, 4) is 0 Å². The Balaban J connectivity index is 0.00000220. The van der Waals surface area contributed by atoms with Gasteiger partial charge in [-0.15, -0.1) is 12.4 Å². The molecule has 0 aliphatic carbocycles. The van der Waals surface area contributed by atoms with Crippen LogP contribution in [0.2, 0.25) is 0 Å². The van der Waals surface area contributed by atoms with E-state index in [1.54, 1.807) is 31.2 Å². The van der Waals surface area contributed by atoms with E-state index in [1.807, 2.05) is 0 Å². The van der Waals surface area contributed by atoms with Gasteiger partial charge in [-0.2, -0.15) is 0 Å². The fourth-order valence-electron chi connectivity index (χ4n) is 1.85. The number of halogens is 1. The smallest absolute Gasteiger partial charge is 0.243 e. The van der Waals surface area contributed by atoms with Gasteiger partial charge in [0.15, 0.2) is 0 Å². The molecule has 1 aliphatic heterocycles. The van der Waals surface area contributed by atoms with Gasteiger partial charge in [-0.1, -0.05) is 6.92 Å². The maximum atomic E-state index is 12.0. The Bertz CT molecular complexity index is 473. The molecular formula is C14H20ClN3O3. The lowest BCUT2D eigenvalue weighted by molar-refractivity contribution is -0.120. The second-order valence-electron chi connectivity index (χ2n) is 4.55. The molecule has 0 saturated carbocycles. The second-order valence-corrected chi connectivity index (χ2v) is 4.55. The lowest BCUT2D eigenvalue weighted by Gasteiger charge is -2.22. The fourth-order valence-corrected chi connectivity index (χ4v) is 1.85. The first-order valence-corrected chi connectivity index (χ1v) is 6.71. The molecule has 1 saturated heterocycles. The summed E-state index contributed by atoms with van der Waals surface area (Å²) in [6.07, 6.45) is 0.436. The normalized spacial score (nSPS) is 17.5. The molecule has 1 fully saturated rings. The van der Waals surface area contributed by atoms with Crippen LogP contribution in [0.1, 0.15) is 13.3 Å². The standard InChI is InChI=1S/C14H19N3O3.ClH/c1-2-13(18)16-10-3-5-11(6-4-10)17-14(19)12-9-20-8-7-15-12;/h3-6,12,15H,2,7-9H2,1H3,(H,16,18)(H,17,19);1H. The van der Waals surface area contributed by atoms with E-state index in [-0.39, 0.29) is 30.3 Å². The average Bonchev–Trinajstić information content (AvgIpc) is 2.50. The lowest BCUT2D eigenvalue weighted by Crippen LogP contribution is -2.48. The lowest BCUT2D eigenvalue weighted by atomic mass is 10.2. The Morgan fingerprint density at radius 1 is 1.24 bits per heavy atom. The average molecular weight is 314 g/mol. The summed E-state index contributed by atoms with van der Waals surface area (Å²) in [5.41, 5.74) is 1.41. The van der Waals surface area contributed by atoms with Crippen LogP contribution in [0.25, 0.3) is 0 Å². The van der Waals surface area contributed by atoms with E-state index < -0.39 is 0 Å². The van der Waals surface area contributed by atoms with E-state index in [2.05, 4.69) is 16.0 Å². The van der Waals surface area contributed by atoms with Crippen molar-refractivity contribution in [1.29, 1.82) is 0 Å². The highest BCUT2D eigenvalue weighted by molar-refractivity contribution is 5.95. The molecule has 6 nitrogen and oxygen atoms in total. The number of rotatable bonds is 4. The topological polar surface area (TPSA) is 79.5 Å². The minimum atomic E-state index is -0.316. The molecule has 1 unspecified atom stereocenters. The van der Waals surface area contributed by atoms with Crippen molar-refractivity contribution in [2.45, 2.75) is 19.4 Å². The zero-order chi connectivity index (χ0) is 14.4. The van der Waals surface area contributed by atoms with Crippen LogP contribution in [-0.2, 0) is 14.3 Å². The van der Waals surface area contributed by atoms with Crippen molar-refractivity contribution in [3.63, 3.8) is 0 Å². The molecule has 1 aromatic rings. The zero-order valence-corrected chi connectivity index (χ0v) is 12.7. The summed E-state index contributed by atoms with van der Waals surface area (Å²) in [5, 5.41) is 8.65. The van der Waals surface area contributed by atoms with Gasteiger partial charge in [0, 0.05) is 24.3 Å². The van der Waals surface area contributed by atoms with Gasteiger partial charge < -0.3 is 20.7 Å². The number of morpholine rings is 1. The summed E-state index contributed by atoms with van der Waals surface area (Å²) < 4.78 is 5.25. The molecule has 0 aromatic heterocycles. The minimum Gasteiger partial charge on any atom is -0.378 e. The third kappa shape index (κ3) is 5.34. The van der Waals surface area contributed by atoms with Crippen LogP contribution in [0.3, 0.4) is 0 Å². The maximum Gasteiger partial charge on any atom is 0.243 e. The van der Waals surface area contributed by atoms with E-state index in [4.69, 9.17) is 4.74 Å². The molecule has 0 spiro atoms. The van der Waals surface area contributed by atoms with E-state index >= 15 is 0 Å². The highest BCUT2D eigenvalue weighted by Gasteiger charge is 2.20. The summed E-state index contributed by atoms with van der Waals surface area (Å²) in [4.78, 5) is 23.2. The quantitative estimate of drug-likeness (QED) is 0.784. The first kappa shape index (κ1) is 17.4. The van der Waals surface area contributed by atoms with Gasteiger partial charge in [0.2, 0.25) is 11.8 Å². The van der Waals surface area contributed by atoms with E-state index in [9.17, 15) is 9.59 Å². The molecule has 0 radical (unpaired) electrons. The Kier molecular flexibility index (Phi) is 7.14. The van der Waals surface area contributed by atoms with Crippen LogP contribution in [0.5, 0.6) is 0 Å². The Morgan fingerprint density at radius 3 is 2.38 bits per heavy atom. The molecule has 1 atom stereocenters. The molecule has 2 amide bonds. The molecule has 0 bridgehead atoms. The van der Waals surface area contributed by atoms with Crippen LogP contribution in [-0.4, -0.2) is 37.6 Å². The SMILES string of the molecule is CCC(=O)Nc1ccc(NC(=O)C2COCCN2)cc1.Cl. The fraction of sp³-hybridized carbons (Fsp3) is 0.429. The Labute approximate surface area is 130 Å². The number of anilines is 2. The number of hydrogen-bond acceptors (Lipinski definition) is 4. The van der Waals surface area contributed by atoms with Gasteiger partial charge >= 0.3 is 0 Å². The number of carbonyl (C=O) groups excluding carboxylic acids is 2. The minimum absolute atomic E-state index is 0. The van der Waals surface area contributed by atoms with E-state index in [0.717, 1.165) is 0 Å². The van der Waals surface area contributed by atoms with Crippen molar-refractivity contribution in [1.82, 2.24) is 5.32 Å². The van der Waals surface area contributed by atoms with Gasteiger partial charge in [-0.25, -0.2) is 0 Å². The molecule has 7 heteroatoms. The van der Waals surface area contributed by atoms with Crippen molar-refractivity contribution >= 4 is 35.6 Å². The van der Waals surface area contributed by atoms with Crippen LogP contribution in [0, 0.1) is 0 Å². The molecule has 1 aliphatic rings. The number of hydrogen-bond donors (Lipinski definition) is 3. The molecule has 2 rings (SSSR count). The predicted octanol–water partition coefficient (Wildman–Crippen LogP) is 1.38. The van der Waals surface area contributed by atoms with Crippen LogP contribution >= 0.6 is 12.4 Å². The maximum absolute atomic E-state index is 12.0. The molecule has 1 aromatic carbocycles. The van der Waals surface area contributed by atoms with E-state index in [0.29, 0.717) is 37.6 Å². The predicted molar refractivity (Wildman–Crippen MR) is 83.9 cm³/mol. The van der Waals surface area contributed by atoms with Crippen LogP contribution < -0.4 is 16.0 Å². The summed E-state index contributed by atoms with van der Waals surface area (Å²) >= 11 is 0. The highest BCUT2D eigenvalue weighted by Crippen LogP contribution is 2.14. The van der Waals surface area contributed by atoms with Gasteiger partial charge in [-0.3, -0.25) is 9.59 Å². The monoisotopic (exact) mass is 313 g/mol. The largest absolute Gasteiger partial charge is 0.378 e. The van der Waals surface area contributed by atoms with Crippen molar-refractivity contribution in [3.05, 3.63) is 24.3 Å². The van der Waals surface area contributed by atoms with Gasteiger partial charge in [0.25, 0.3) is 0 Å². The second kappa shape index (κ2) is 8.61. The number of carbonyl (C=O) groups is 2. The van der Waals surface area contributed by atoms with Crippen molar-refractivity contribution in [2.24, 2.45) is 0 Å². The summed E-state index contributed by atoms with van der Waals surface area (Å²) in [6.45, 7) is 3.50. The van der Waals surface area contributed by atoms with Crippen LogP contribution in [0.4, 0.5) is 11.4 Å². The molecular weight excluding hydrogens is 294 g/mol. The van der Waals surface area contributed by atoms with Crippen LogP contribution in [0.15, 0.2) is 24.3 Å². The first-order chi connectivity index (χ1) is 9.69. The number of amides is 2. The Hall–Kier alpha value is -1.63. The number of nitrogens with one attached hydrogen (secondary N) is 3. The van der Waals surface area contributed by atoms with Crippen molar-refractivity contribution in [2.75, 3.05) is 30.4 Å². The summed E-state index contributed by atoms with van der Waals surface area (Å²) in [6, 6.07) is 6.71. The zero-order valence-electron chi connectivity index (χ0n) is 11.8. The summed E-state index contributed by atoms with van der Waals surface area (Å²) in [7, 11) is 0.